The molecule has 3 heterocycles. The summed E-state index contributed by atoms with van der Waals surface area (Å²) in [7, 11) is 0. The third-order valence-electron chi connectivity index (χ3n) is 3.33. The van der Waals surface area contributed by atoms with Crippen LogP contribution < -0.4 is 15.6 Å². The van der Waals surface area contributed by atoms with Crippen molar-refractivity contribution >= 4 is 17.0 Å². The van der Waals surface area contributed by atoms with Gasteiger partial charge in [0.15, 0.2) is 5.52 Å². The lowest BCUT2D eigenvalue weighted by Gasteiger charge is -2.07. The van der Waals surface area contributed by atoms with Gasteiger partial charge in [0, 0.05) is 24.2 Å². The number of fused-ring (bicyclic) bond motifs is 1. The Morgan fingerprint density at radius 2 is 2.13 bits per heavy atom. The average Bonchev–Trinajstić information content (AvgIpc) is 2.90. The quantitative estimate of drug-likeness (QED) is 0.341. The predicted molar refractivity (Wildman–Crippen MR) is 84.5 cm³/mol. The maximum absolute atomic E-state index is 11.7. The Kier molecular flexibility index (Phi) is 4.89. The summed E-state index contributed by atoms with van der Waals surface area (Å²) >= 11 is 0. The molecule has 0 aliphatic rings. The maximum Gasteiger partial charge on any atom is 0.256 e. The van der Waals surface area contributed by atoms with Crippen molar-refractivity contribution in [3.05, 3.63) is 42.1 Å². The number of hydrogen-bond acceptors (Lipinski definition) is 7. The Labute approximate surface area is 133 Å². The minimum absolute atomic E-state index is 0.419. The largest absolute Gasteiger partial charge is 0.571 e. The van der Waals surface area contributed by atoms with Gasteiger partial charge in [-0.25, -0.2) is 15.0 Å². The van der Waals surface area contributed by atoms with E-state index in [0.717, 1.165) is 31.9 Å². The molecule has 2 N–H and O–H groups in total. The topological polar surface area (TPSA) is 107 Å². The second-order valence-corrected chi connectivity index (χ2v) is 4.95. The van der Waals surface area contributed by atoms with Gasteiger partial charge in [0.05, 0.1) is 17.8 Å². The SMILES string of the molecule is [O-][n+]1nc2ncncc2n1CCCNCCNc1ccccn1. The molecule has 0 spiro atoms. The molecule has 9 heteroatoms. The zero-order valence-corrected chi connectivity index (χ0v) is 12.6. The molecule has 3 aromatic heterocycles. The summed E-state index contributed by atoms with van der Waals surface area (Å²) in [6.45, 7) is 2.98. The molecule has 0 fully saturated rings. The van der Waals surface area contributed by atoms with Crippen molar-refractivity contribution in [2.75, 3.05) is 25.0 Å². The third kappa shape index (κ3) is 3.89. The normalized spacial score (nSPS) is 11.0. The fraction of sp³-hybridized carbons (Fsp3) is 0.357. The highest BCUT2D eigenvalue weighted by Gasteiger charge is 2.13. The Bertz CT molecular complexity index is 745. The number of nitrogens with one attached hydrogen (secondary N) is 2. The van der Waals surface area contributed by atoms with Gasteiger partial charge in [-0.3, -0.25) is 0 Å². The fourth-order valence-corrected chi connectivity index (χ4v) is 2.23. The monoisotopic (exact) mass is 314 g/mol. The van der Waals surface area contributed by atoms with E-state index in [0.29, 0.717) is 22.7 Å². The predicted octanol–water partition coefficient (Wildman–Crippen LogP) is -0.0535. The molecule has 3 rings (SSSR count). The third-order valence-corrected chi connectivity index (χ3v) is 3.33. The maximum atomic E-state index is 11.7. The van der Waals surface area contributed by atoms with E-state index in [1.54, 1.807) is 12.4 Å². The zero-order valence-electron chi connectivity index (χ0n) is 12.6. The van der Waals surface area contributed by atoms with Crippen LogP contribution in [-0.2, 0) is 6.54 Å². The molecule has 0 saturated heterocycles. The van der Waals surface area contributed by atoms with E-state index in [9.17, 15) is 5.21 Å². The first-order valence-corrected chi connectivity index (χ1v) is 7.46. The van der Waals surface area contributed by atoms with E-state index >= 15 is 0 Å². The molecule has 3 aromatic rings. The summed E-state index contributed by atoms with van der Waals surface area (Å²) in [4.78, 5) is 12.7. The van der Waals surface area contributed by atoms with E-state index in [4.69, 9.17) is 0 Å². The Morgan fingerprint density at radius 3 is 3.00 bits per heavy atom. The molecule has 9 nitrogen and oxygen atoms in total. The number of aromatic nitrogens is 6. The molecular formula is C14H18N8O. The number of nitrogens with zero attached hydrogens (tertiary/aromatic N) is 6. The lowest BCUT2D eigenvalue weighted by Crippen LogP contribution is -2.40. The molecular weight excluding hydrogens is 296 g/mol. The second-order valence-electron chi connectivity index (χ2n) is 4.95. The molecule has 120 valence electrons. The fourth-order valence-electron chi connectivity index (χ4n) is 2.23. The van der Waals surface area contributed by atoms with Crippen LogP contribution in [0.1, 0.15) is 6.42 Å². The van der Waals surface area contributed by atoms with Gasteiger partial charge in [0.2, 0.25) is 0 Å². The zero-order chi connectivity index (χ0) is 15.9. The molecule has 0 amide bonds. The van der Waals surface area contributed by atoms with E-state index in [1.165, 1.54) is 11.0 Å². The van der Waals surface area contributed by atoms with Gasteiger partial charge in [0.1, 0.15) is 12.1 Å². The highest BCUT2D eigenvalue weighted by atomic mass is 16.5. The van der Waals surface area contributed by atoms with Crippen LogP contribution in [-0.4, -0.2) is 44.4 Å². The lowest BCUT2D eigenvalue weighted by molar-refractivity contribution is -0.746. The van der Waals surface area contributed by atoms with Crippen LogP contribution in [0, 0.1) is 5.21 Å². The molecule has 0 unspecified atom stereocenters. The first-order chi connectivity index (χ1) is 11.3. The number of pyridine rings is 1. The van der Waals surface area contributed by atoms with Gasteiger partial charge in [-0.15, -0.1) is 4.68 Å². The smallest absolute Gasteiger partial charge is 0.256 e. The average molecular weight is 314 g/mol. The first-order valence-electron chi connectivity index (χ1n) is 7.46. The minimum atomic E-state index is 0.419. The van der Waals surface area contributed by atoms with Gasteiger partial charge in [-0.1, -0.05) is 6.07 Å². The molecule has 0 bridgehead atoms. The van der Waals surface area contributed by atoms with Gasteiger partial charge in [-0.05, 0) is 25.1 Å². The minimum Gasteiger partial charge on any atom is -0.571 e. The van der Waals surface area contributed by atoms with Crippen molar-refractivity contribution in [2.45, 2.75) is 13.0 Å². The summed E-state index contributed by atoms with van der Waals surface area (Å²) in [6.07, 6.45) is 5.56. The molecule has 0 aliphatic carbocycles. The summed E-state index contributed by atoms with van der Waals surface area (Å²) < 4.78 is 1.53. The number of aryl methyl sites for hydroxylation is 1. The van der Waals surface area contributed by atoms with Gasteiger partial charge >= 0.3 is 0 Å². The van der Waals surface area contributed by atoms with Crippen LogP contribution in [0.3, 0.4) is 0 Å². The van der Waals surface area contributed by atoms with Crippen LogP contribution in [0.2, 0.25) is 0 Å². The number of anilines is 1. The lowest BCUT2D eigenvalue weighted by atomic mass is 10.4. The van der Waals surface area contributed by atoms with Crippen LogP contribution >= 0.6 is 0 Å². The molecule has 0 radical (unpaired) electrons. The van der Waals surface area contributed by atoms with E-state index in [-0.39, 0.29) is 0 Å². The Morgan fingerprint density at radius 1 is 1.17 bits per heavy atom. The van der Waals surface area contributed by atoms with Crippen LogP contribution in [0.15, 0.2) is 36.9 Å². The van der Waals surface area contributed by atoms with Crippen molar-refractivity contribution in [1.82, 2.24) is 30.0 Å². The van der Waals surface area contributed by atoms with E-state index in [1.807, 2.05) is 18.2 Å². The Hall–Kier alpha value is -2.81. The van der Waals surface area contributed by atoms with E-state index in [2.05, 4.69) is 30.7 Å². The highest BCUT2D eigenvalue weighted by molar-refractivity contribution is 5.66. The van der Waals surface area contributed by atoms with Crippen molar-refractivity contribution in [1.29, 1.82) is 0 Å². The number of rotatable bonds is 8. The summed E-state index contributed by atoms with van der Waals surface area (Å²) in [5.41, 5.74) is 1.07. The van der Waals surface area contributed by atoms with Crippen molar-refractivity contribution in [2.24, 2.45) is 0 Å². The van der Waals surface area contributed by atoms with E-state index < -0.39 is 0 Å². The molecule has 0 aromatic carbocycles. The van der Waals surface area contributed by atoms with Crippen LogP contribution in [0.5, 0.6) is 0 Å². The standard InChI is InChI=1S/C14H18N8O/c23-22-20-14-12(10-16-11-19-14)21(22)9-3-5-15-7-8-18-13-4-1-2-6-17-13/h1-2,4,6,10-11,15H,3,5,7-9H2,(H,17,18). The molecule has 0 atom stereocenters. The number of hydrogen-bond donors (Lipinski definition) is 2. The molecule has 0 aliphatic heterocycles. The molecule has 23 heavy (non-hydrogen) atoms. The van der Waals surface area contributed by atoms with Crippen molar-refractivity contribution < 1.29 is 4.96 Å². The van der Waals surface area contributed by atoms with Crippen molar-refractivity contribution in [3.63, 3.8) is 0 Å². The van der Waals surface area contributed by atoms with Gasteiger partial charge in [-0.2, -0.15) is 0 Å². The summed E-state index contributed by atoms with van der Waals surface area (Å²) in [6, 6.07) is 5.76. The van der Waals surface area contributed by atoms with Crippen LogP contribution in [0.25, 0.3) is 11.2 Å². The van der Waals surface area contributed by atoms with Gasteiger partial charge in [0.25, 0.3) is 5.65 Å². The highest BCUT2D eigenvalue weighted by Crippen LogP contribution is 2.04. The second kappa shape index (κ2) is 7.45. The summed E-state index contributed by atoms with van der Waals surface area (Å²) in [5, 5.41) is 22.1. The molecule has 0 saturated carbocycles. The van der Waals surface area contributed by atoms with Crippen LogP contribution in [0.4, 0.5) is 5.82 Å². The Balaban J connectivity index is 1.37. The van der Waals surface area contributed by atoms with Gasteiger partial charge < -0.3 is 15.8 Å². The van der Waals surface area contributed by atoms with Crippen molar-refractivity contribution in [3.8, 4) is 0 Å². The first kappa shape index (κ1) is 15.1. The summed E-state index contributed by atoms with van der Waals surface area (Å²) in [5.74, 6) is 0.867.